The third kappa shape index (κ3) is 5.38. The van der Waals surface area contributed by atoms with Crippen LogP contribution in [-0.4, -0.2) is 30.6 Å². The number of ether oxygens (including phenoxy) is 1. The number of fused-ring (bicyclic) bond motifs is 1. The molecule has 3 aromatic rings. The maximum absolute atomic E-state index is 13.0. The van der Waals surface area contributed by atoms with E-state index in [0.29, 0.717) is 32.5 Å². The van der Waals surface area contributed by atoms with Gasteiger partial charge in [-0.25, -0.2) is 4.98 Å². The third-order valence-electron chi connectivity index (χ3n) is 5.42. The van der Waals surface area contributed by atoms with Crippen molar-refractivity contribution in [3.05, 3.63) is 45.4 Å². The molecule has 1 aromatic heterocycles. The highest BCUT2D eigenvalue weighted by atomic mass is 79.9. The van der Waals surface area contributed by atoms with Crippen LogP contribution in [0.15, 0.2) is 34.8 Å². The van der Waals surface area contributed by atoms with Crippen molar-refractivity contribution in [3.63, 3.8) is 0 Å². The van der Waals surface area contributed by atoms with E-state index in [1.165, 1.54) is 0 Å². The van der Waals surface area contributed by atoms with Crippen molar-refractivity contribution in [1.82, 2.24) is 4.98 Å². The predicted octanol–water partition coefficient (Wildman–Crippen LogP) is 6.98. The number of benzene rings is 2. The number of hydrogen-bond donors (Lipinski definition) is 1. The fourth-order valence-electron chi connectivity index (χ4n) is 3.68. The number of anilines is 2. The number of rotatable bonds is 5. The van der Waals surface area contributed by atoms with Crippen molar-refractivity contribution in [3.8, 4) is 5.75 Å². The first-order valence-electron chi connectivity index (χ1n) is 10.3. The number of carbonyl (C=O) groups excluding carboxylic acids is 1. The molecular formula is C22H20BrClF3N3O2S. The van der Waals surface area contributed by atoms with Crippen LogP contribution in [-0.2, 0) is 11.0 Å². The number of nitrogens with one attached hydrogen (secondary N) is 1. The molecule has 11 heteroatoms. The predicted molar refractivity (Wildman–Crippen MR) is 129 cm³/mol. The summed E-state index contributed by atoms with van der Waals surface area (Å²) in [7, 11) is 0. The molecule has 0 saturated carbocycles. The molecule has 1 saturated heterocycles. The summed E-state index contributed by atoms with van der Waals surface area (Å²) in [5.41, 5.74) is -0.0165. The van der Waals surface area contributed by atoms with Gasteiger partial charge in [-0.3, -0.25) is 4.79 Å². The van der Waals surface area contributed by atoms with Gasteiger partial charge in [0, 0.05) is 25.1 Å². The van der Waals surface area contributed by atoms with Gasteiger partial charge in [-0.1, -0.05) is 22.9 Å². The maximum Gasteiger partial charge on any atom is 0.416 e. The Morgan fingerprint density at radius 2 is 2.03 bits per heavy atom. The summed E-state index contributed by atoms with van der Waals surface area (Å²) >= 11 is 11.1. The van der Waals surface area contributed by atoms with Gasteiger partial charge in [0.15, 0.2) is 5.13 Å². The molecule has 0 aliphatic carbocycles. The monoisotopic (exact) mass is 561 g/mol. The fourth-order valence-corrected chi connectivity index (χ4v) is 5.32. The zero-order valence-electron chi connectivity index (χ0n) is 17.5. The summed E-state index contributed by atoms with van der Waals surface area (Å²) in [5.74, 6) is 0.120. The van der Waals surface area contributed by atoms with E-state index in [9.17, 15) is 18.0 Å². The van der Waals surface area contributed by atoms with Crippen LogP contribution in [0.5, 0.6) is 5.75 Å². The van der Waals surface area contributed by atoms with Crippen LogP contribution in [0, 0.1) is 5.92 Å². The standard InChI is InChI=1S/C22H20BrClF3N3O2S/c1-2-32-18-11-19-17(10-14(18)23)29-21(33-19)30-7-5-12(6-8-30)20(31)28-16-9-13(22(25,26)27)3-4-15(16)24/h3-4,9-12H,2,5-8H2,1H3,(H,28,31). The lowest BCUT2D eigenvalue weighted by molar-refractivity contribution is -0.137. The average molecular weight is 563 g/mol. The molecule has 1 aliphatic heterocycles. The van der Waals surface area contributed by atoms with Crippen LogP contribution < -0.4 is 15.0 Å². The van der Waals surface area contributed by atoms with Crippen LogP contribution in [0.2, 0.25) is 5.02 Å². The number of hydrogen-bond acceptors (Lipinski definition) is 5. The van der Waals surface area contributed by atoms with Gasteiger partial charge in [0.2, 0.25) is 5.91 Å². The molecule has 0 radical (unpaired) electrons. The second-order valence-corrected chi connectivity index (χ2v) is 9.89. The van der Waals surface area contributed by atoms with Crippen molar-refractivity contribution in [1.29, 1.82) is 0 Å². The smallest absolute Gasteiger partial charge is 0.416 e. The Kier molecular flexibility index (Phi) is 7.07. The lowest BCUT2D eigenvalue weighted by Crippen LogP contribution is -2.38. The quantitative estimate of drug-likeness (QED) is 0.364. The molecule has 0 unspecified atom stereocenters. The van der Waals surface area contributed by atoms with Crippen LogP contribution in [0.1, 0.15) is 25.3 Å². The third-order valence-corrected chi connectivity index (χ3v) is 7.45. The van der Waals surface area contributed by atoms with Crippen molar-refractivity contribution >= 4 is 65.8 Å². The molecule has 2 aromatic carbocycles. The number of halogens is 5. The van der Waals surface area contributed by atoms with Crippen molar-refractivity contribution in [2.45, 2.75) is 25.9 Å². The lowest BCUT2D eigenvalue weighted by Gasteiger charge is -2.31. The number of nitrogens with zero attached hydrogens (tertiary/aromatic N) is 2. The summed E-state index contributed by atoms with van der Waals surface area (Å²) in [6.45, 7) is 3.73. The van der Waals surface area contributed by atoms with E-state index in [2.05, 4.69) is 26.1 Å². The van der Waals surface area contributed by atoms with Gasteiger partial charge in [-0.15, -0.1) is 0 Å². The van der Waals surface area contributed by atoms with Gasteiger partial charge >= 0.3 is 6.18 Å². The van der Waals surface area contributed by atoms with E-state index in [-0.39, 0.29) is 22.5 Å². The second kappa shape index (κ2) is 9.68. The Bertz CT molecular complexity index is 1180. The molecule has 2 heterocycles. The van der Waals surface area contributed by atoms with E-state index in [1.807, 2.05) is 19.1 Å². The molecule has 4 rings (SSSR count). The molecule has 0 spiro atoms. The maximum atomic E-state index is 13.0. The molecule has 1 fully saturated rings. The largest absolute Gasteiger partial charge is 0.493 e. The average Bonchev–Trinajstić information content (AvgIpc) is 3.17. The molecule has 33 heavy (non-hydrogen) atoms. The Morgan fingerprint density at radius 3 is 2.70 bits per heavy atom. The van der Waals surface area contributed by atoms with E-state index in [0.717, 1.165) is 43.8 Å². The van der Waals surface area contributed by atoms with Gasteiger partial charge in [-0.05, 0) is 60.0 Å². The Labute approximate surface area is 206 Å². The van der Waals surface area contributed by atoms with E-state index in [1.54, 1.807) is 11.3 Å². The molecule has 1 aliphatic rings. The van der Waals surface area contributed by atoms with Crippen molar-refractivity contribution in [2.75, 3.05) is 29.9 Å². The van der Waals surface area contributed by atoms with Gasteiger partial charge in [0.25, 0.3) is 0 Å². The molecule has 176 valence electrons. The SMILES string of the molecule is CCOc1cc2sc(N3CCC(C(=O)Nc4cc(C(F)(F)F)ccc4Cl)CC3)nc2cc1Br. The zero-order chi connectivity index (χ0) is 23.8. The molecular weight excluding hydrogens is 543 g/mol. The minimum absolute atomic E-state index is 0.0271. The first-order chi connectivity index (χ1) is 15.7. The molecule has 0 atom stereocenters. The zero-order valence-corrected chi connectivity index (χ0v) is 20.7. The summed E-state index contributed by atoms with van der Waals surface area (Å²) in [6, 6.07) is 6.79. The van der Waals surface area contributed by atoms with E-state index in [4.69, 9.17) is 21.3 Å². The Hall–Kier alpha value is -2.04. The number of amides is 1. The van der Waals surface area contributed by atoms with Crippen LogP contribution in [0.4, 0.5) is 24.0 Å². The summed E-state index contributed by atoms with van der Waals surface area (Å²) in [6.07, 6.45) is -3.38. The highest BCUT2D eigenvalue weighted by Gasteiger charge is 2.32. The number of aromatic nitrogens is 1. The van der Waals surface area contributed by atoms with Crippen LogP contribution in [0.25, 0.3) is 10.2 Å². The first kappa shape index (κ1) is 24.1. The Morgan fingerprint density at radius 1 is 1.30 bits per heavy atom. The highest BCUT2D eigenvalue weighted by Crippen LogP contribution is 2.38. The fraction of sp³-hybridized carbons (Fsp3) is 0.364. The molecule has 1 amide bonds. The Balaban J connectivity index is 1.41. The second-order valence-electron chi connectivity index (χ2n) is 7.62. The topological polar surface area (TPSA) is 54.5 Å². The van der Waals surface area contributed by atoms with Gasteiger partial charge in [0.1, 0.15) is 5.75 Å². The summed E-state index contributed by atoms with van der Waals surface area (Å²) < 4.78 is 46.4. The van der Waals surface area contributed by atoms with Crippen molar-refractivity contribution < 1.29 is 22.7 Å². The minimum Gasteiger partial charge on any atom is -0.493 e. The highest BCUT2D eigenvalue weighted by molar-refractivity contribution is 9.10. The van der Waals surface area contributed by atoms with Crippen molar-refractivity contribution in [2.24, 2.45) is 5.92 Å². The van der Waals surface area contributed by atoms with Gasteiger partial charge in [-0.2, -0.15) is 13.2 Å². The number of piperidine rings is 1. The number of alkyl halides is 3. The van der Waals surface area contributed by atoms with Gasteiger partial charge < -0.3 is 15.0 Å². The van der Waals surface area contributed by atoms with E-state index < -0.39 is 11.7 Å². The van der Waals surface area contributed by atoms with Crippen LogP contribution >= 0.6 is 38.9 Å². The van der Waals surface area contributed by atoms with Gasteiger partial charge in [0.05, 0.1) is 37.6 Å². The first-order valence-corrected chi connectivity index (χ1v) is 12.3. The number of carbonyl (C=O) groups is 1. The summed E-state index contributed by atoms with van der Waals surface area (Å²) in [4.78, 5) is 19.5. The van der Waals surface area contributed by atoms with E-state index >= 15 is 0 Å². The molecule has 1 N–H and O–H groups in total. The van der Waals surface area contributed by atoms with Crippen LogP contribution in [0.3, 0.4) is 0 Å². The molecule has 0 bridgehead atoms. The molecule has 5 nitrogen and oxygen atoms in total. The number of thiazole rings is 1. The minimum atomic E-state index is -4.51. The lowest BCUT2D eigenvalue weighted by atomic mass is 9.96. The normalized spacial score (nSPS) is 15.2. The summed E-state index contributed by atoms with van der Waals surface area (Å²) in [5, 5.41) is 3.51.